The average molecular weight is 443 g/mol. The van der Waals surface area contributed by atoms with Crippen LogP contribution in [0.3, 0.4) is 0 Å². The van der Waals surface area contributed by atoms with Gasteiger partial charge in [0.15, 0.2) is 0 Å². The van der Waals surface area contributed by atoms with Crippen molar-refractivity contribution < 1.29 is 23.9 Å². The molecule has 1 aromatic rings. The molecule has 3 heterocycles. The minimum absolute atomic E-state index is 0.0928. The maximum atomic E-state index is 12.8. The molecule has 2 saturated heterocycles. The Labute approximate surface area is 187 Å². The summed E-state index contributed by atoms with van der Waals surface area (Å²) in [4.78, 5) is 52.8. The Morgan fingerprint density at radius 2 is 1.94 bits per heavy atom. The molecule has 2 unspecified atom stereocenters. The fourth-order valence-electron chi connectivity index (χ4n) is 4.69. The van der Waals surface area contributed by atoms with E-state index in [4.69, 9.17) is 10.5 Å². The molecule has 4 rings (SSSR count). The molecule has 172 valence electrons. The van der Waals surface area contributed by atoms with Crippen LogP contribution in [0.5, 0.6) is 0 Å². The van der Waals surface area contributed by atoms with Crippen molar-refractivity contribution in [1.29, 1.82) is 0 Å². The number of amides is 4. The van der Waals surface area contributed by atoms with Crippen LogP contribution < -0.4 is 11.1 Å². The van der Waals surface area contributed by atoms with Gasteiger partial charge < -0.3 is 20.7 Å². The summed E-state index contributed by atoms with van der Waals surface area (Å²) in [5.41, 5.74) is 6.38. The summed E-state index contributed by atoms with van der Waals surface area (Å²) in [6.45, 7) is 3.77. The van der Waals surface area contributed by atoms with Gasteiger partial charge in [-0.3, -0.25) is 24.1 Å². The number of hydrogen-bond acceptors (Lipinski definition) is 6. The Kier molecular flexibility index (Phi) is 6.86. The molecule has 32 heavy (non-hydrogen) atoms. The van der Waals surface area contributed by atoms with E-state index >= 15 is 0 Å². The zero-order valence-electron chi connectivity index (χ0n) is 18.2. The highest BCUT2D eigenvalue weighted by Crippen LogP contribution is 2.26. The molecule has 0 aliphatic carbocycles. The van der Waals surface area contributed by atoms with Gasteiger partial charge in [0.1, 0.15) is 0 Å². The number of rotatable bonds is 8. The largest absolute Gasteiger partial charge is 0.376 e. The number of carbonyl (C=O) groups is 4. The third kappa shape index (κ3) is 4.83. The first kappa shape index (κ1) is 22.4. The molecule has 0 spiro atoms. The number of ether oxygens (including phenoxy) is 1. The summed E-state index contributed by atoms with van der Waals surface area (Å²) in [6, 6.07) is 4.64. The summed E-state index contributed by atoms with van der Waals surface area (Å²) < 4.78 is 5.55. The number of primary amides is 1. The molecule has 0 radical (unpaired) electrons. The number of nitrogens with two attached hydrogens (primary N) is 1. The number of hydrogen-bond donors (Lipinski definition) is 2. The van der Waals surface area contributed by atoms with E-state index in [1.807, 2.05) is 0 Å². The standard InChI is InChI=1S/C23H30N4O5/c24-20(28)16-4-1-9-26(13-16)10-3-8-25-21(29)15-6-7-18-19(12-15)23(31)27(22(18)30)14-17-5-2-11-32-17/h6-7,12,16-17H,1-5,8-11,13-14H2,(H2,24,28)(H,25,29). The second-order valence-electron chi connectivity index (χ2n) is 8.77. The lowest BCUT2D eigenvalue weighted by Gasteiger charge is -2.31. The molecule has 0 bridgehead atoms. The monoisotopic (exact) mass is 442 g/mol. The van der Waals surface area contributed by atoms with Crippen LogP contribution in [0.15, 0.2) is 18.2 Å². The van der Waals surface area contributed by atoms with Gasteiger partial charge in [-0.25, -0.2) is 0 Å². The van der Waals surface area contributed by atoms with E-state index in [-0.39, 0.29) is 47.8 Å². The molecule has 3 aliphatic rings. The highest BCUT2D eigenvalue weighted by atomic mass is 16.5. The number of benzene rings is 1. The van der Waals surface area contributed by atoms with E-state index in [2.05, 4.69) is 10.2 Å². The van der Waals surface area contributed by atoms with Gasteiger partial charge in [0.25, 0.3) is 17.7 Å². The van der Waals surface area contributed by atoms with Gasteiger partial charge in [-0.05, 0) is 63.4 Å². The second kappa shape index (κ2) is 9.79. The number of likely N-dealkylation sites (tertiary alicyclic amines) is 1. The summed E-state index contributed by atoms with van der Waals surface area (Å²) in [7, 11) is 0. The SMILES string of the molecule is NC(=O)C1CCCN(CCCNC(=O)c2ccc3c(c2)C(=O)N(CC2CCCO2)C3=O)C1. The van der Waals surface area contributed by atoms with E-state index in [0.717, 1.165) is 45.2 Å². The summed E-state index contributed by atoms with van der Waals surface area (Å²) in [6.07, 6.45) is 4.19. The van der Waals surface area contributed by atoms with Crippen molar-refractivity contribution in [3.63, 3.8) is 0 Å². The van der Waals surface area contributed by atoms with Gasteiger partial charge in [0.2, 0.25) is 5.91 Å². The van der Waals surface area contributed by atoms with Crippen molar-refractivity contribution >= 4 is 23.6 Å². The highest BCUT2D eigenvalue weighted by Gasteiger charge is 2.38. The second-order valence-corrected chi connectivity index (χ2v) is 8.77. The van der Waals surface area contributed by atoms with Crippen LogP contribution in [0.4, 0.5) is 0 Å². The number of nitrogens with zero attached hydrogens (tertiary/aromatic N) is 2. The summed E-state index contributed by atoms with van der Waals surface area (Å²) >= 11 is 0. The van der Waals surface area contributed by atoms with Crippen molar-refractivity contribution in [2.45, 2.75) is 38.2 Å². The Hall–Kier alpha value is -2.78. The van der Waals surface area contributed by atoms with Crippen molar-refractivity contribution in [3.8, 4) is 0 Å². The lowest BCUT2D eigenvalue weighted by Crippen LogP contribution is -2.42. The maximum Gasteiger partial charge on any atom is 0.261 e. The van der Waals surface area contributed by atoms with Gasteiger partial charge >= 0.3 is 0 Å². The topological polar surface area (TPSA) is 122 Å². The van der Waals surface area contributed by atoms with Crippen LogP contribution in [0.1, 0.15) is 63.2 Å². The van der Waals surface area contributed by atoms with Crippen LogP contribution in [0.2, 0.25) is 0 Å². The minimum Gasteiger partial charge on any atom is -0.376 e. The number of carbonyl (C=O) groups excluding carboxylic acids is 4. The zero-order valence-corrected chi connectivity index (χ0v) is 18.2. The molecule has 1 aromatic carbocycles. The van der Waals surface area contributed by atoms with Crippen LogP contribution in [0.25, 0.3) is 0 Å². The minimum atomic E-state index is -0.371. The Morgan fingerprint density at radius 1 is 1.12 bits per heavy atom. The molecule has 4 amide bonds. The van der Waals surface area contributed by atoms with E-state index in [9.17, 15) is 19.2 Å². The summed E-state index contributed by atoms with van der Waals surface area (Å²) in [5, 5.41) is 2.87. The van der Waals surface area contributed by atoms with Gasteiger partial charge in [0, 0.05) is 25.3 Å². The molecule has 3 N–H and O–H groups in total. The van der Waals surface area contributed by atoms with Crippen LogP contribution >= 0.6 is 0 Å². The quantitative estimate of drug-likeness (QED) is 0.453. The predicted octanol–water partition coefficient (Wildman–Crippen LogP) is 0.779. The van der Waals surface area contributed by atoms with Crippen molar-refractivity contribution in [2.24, 2.45) is 11.7 Å². The first-order valence-electron chi connectivity index (χ1n) is 11.4. The Bertz CT molecular complexity index is 912. The Balaban J connectivity index is 1.28. The van der Waals surface area contributed by atoms with E-state index in [1.165, 1.54) is 11.0 Å². The zero-order chi connectivity index (χ0) is 22.7. The average Bonchev–Trinajstić information content (AvgIpc) is 3.39. The molecule has 9 nitrogen and oxygen atoms in total. The molecular formula is C23H30N4O5. The third-order valence-corrected chi connectivity index (χ3v) is 6.49. The molecule has 2 fully saturated rings. The first-order valence-corrected chi connectivity index (χ1v) is 11.4. The molecular weight excluding hydrogens is 412 g/mol. The van der Waals surface area contributed by atoms with Crippen molar-refractivity contribution in [2.75, 3.05) is 39.3 Å². The molecule has 9 heteroatoms. The normalized spacial score (nSPS) is 23.4. The molecule has 2 atom stereocenters. The van der Waals surface area contributed by atoms with Crippen LogP contribution in [0, 0.1) is 5.92 Å². The van der Waals surface area contributed by atoms with E-state index in [1.54, 1.807) is 12.1 Å². The number of fused-ring (bicyclic) bond motifs is 1. The van der Waals surface area contributed by atoms with Crippen LogP contribution in [-0.4, -0.2) is 78.9 Å². The third-order valence-electron chi connectivity index (χ3n) is 6.49. The molecule has 3 aliphatic heterocycles. The lowest BCUT2D eigenvalue weighted by molar-refractivity contribution is -0.123. The number of nitrogens with one attached hydrogen (secondary N) is 1. The fraction of sp³-hybridized carbons (Fsp3) is 0.565. The lowest BCUT2D eigenvalue weighted by atomic mass is 9.97. The fourth-order valence-corrected chi connectivity index (χ4v) is 4.69. The first-order chi connectivity index (χ1) is 15.4. The van der Waals surface area contributed by atoms with Crippen molar-refractivity contribution in [1.82, 2.24) is 15.1 Å². The van der Waals surface area contributed by atoms with E-state index < -0.39 is 0 Å². The summed E-state index contributed by atoms with van der Waals surface area (Å²) in [5.74, 6) is -1.32. The number of imide groups is 1. The van der Waals surface area contributed by atoms with Gasteiger partial charge in [0.05, 0.1) is 29.7 Å². The van der Waals surface area contributed by atoms with Crippen LogP contribution in [-0.2, 0) is 9.53 Å². The van der Waals surface area contributed by atoms with Crippen molar-refractivity contribution in [3.05, 3.63) is 34.9 Å². The van der Waals surface area contributed by atoms with Gasteiger partial charge in [-0.15, -0.1) is 0 Å². The number of piperidine rings is 1. The predicted molar refractivity (Wildman–Crippen MR) is 116 cm³/mol. The highest BCUT2D eigenvalue weighted by molar-refractivity contribution is 6.22. The van der Waals surface area contributed by atoms with Gasteiger partial charge in [-0.2, -0.15) is 0 Å². The smallest absolute Gasteiger partial charge is 0.261 e. The maximum absolute atomic E-state index is 12.8. The van der Waals surface area contributed by atoms with Gasteiger partial charge in [-0.1, -0.05) is 0 Å². The Morgan fingerprint density at radius 3 is 2.69 bits per heavy atom. The molecule has 0 aromatic heterocycles. The molecule has 0 saturated carbocycles. The van der Waals surface area contributed by atoms with E-state index in [0.29, 0.717) is 30.8 Å².